The van der Waals surface area contributed by atoms with E-state index < -0.39 is 0 Å². The van der Waals surface area contributed by atoms with Gasteiger partial charge in [-0.1, -0.05) is 30.4 Å². The Balaban J connectivity index is 2.11. The Morgan fingerprint density at radius 3 is 3.00 bits per heavy atom. The fourth-order valence-electron chi connectivity index (χ4n) is 2.63. The molecule has 0 N–H and O–H groups in total. The molecule has 0 heteroatoms. The molecular formula is C13H14. The van der Waals surface area contributed by atoms with E-state index in [-0.39, 0.29) is 0 Å². The second kappa shape index (κ2) is 2.73. The van der Waals surface area contributed by atoms with Crippen molar-refractivity contribution in [2.24, 2.45) is 5.92 Å². The number of hydrogen-bond acceptors (Lipinski definition) is 0. The third-order valence-electron chi connectivity index (χ3n) is 3.28. The predicted octanol–water partition coefficient (Wildman–Crippen LogP) is 3.54. The zero-order valence-corrected chi connectivity index (χ0v) is 7.79. The van der Waals surface area contributed by atoms with Crippen LogP contribution in [0.5, 0.6) is 0 Å². The molecule has 13 heavy (non-hydrogen) atoms. The Morgan fingerprint density at radius 1 is 1.08 bits per heavy atom. The molecule has 3 aliphatic carbocycles. The van der Waals surface area contributed by atoms with Crippen LogP contribution in [0.1, 0.15) is 25.7 Å². The van der Waals surface area contributed by atoms with Crippen LogP contribution in [0, 0.1) is 5.92 Å². The van der Waals surface area contributed by atoms with Crippen molar-refractivity contribution >= 4 is 0 Å². The lowest BCUT2D eigenvalue weighted by atomic mass is 9.89. The van der Waals surface area contributed by atoms with Crippen LogP contribution in [0.25, 0.3) is 0 Å². The first-order valence-corrected chi connectivity index (χ1v) is 5.23. The standard InChI is InChI=1S/C13H14/c1-3-7-12-10(5-1)9-11-6-2-4-8-13(11)12/h1,4-5,8-9,11H,2-3,6-7H2. The average molecular weight is 170 g/mol. The van der Waals surface area contributed by atoms with Gasteiger partial charge in [-0.15, -0.1) is 0 Å². The normalized spacial score (nSPS) is 30.2. The molecule has 0 radical (unpaired) electrons. The Hall–Kier alpha value is -1.04. The summed E-state index contributed by atoms with van der Waals surface area (Å²) in [7, 11) is 0. The lowest BCUT2D eigenvalue weighted by Crippen LogP contribution is -2.01. The molecule has 3 aliphatic rings. The second-order valence-corrected chi connectivity index (χ2v) is 4.08. The molecule has 1 unspecified atom stereocenters. The van der Waals surface area contributed by atoms with Crippen LogP contribution in [0.2, 0.25) is 0 Å². The molecule has 0 aromatic heterocycles. The molecule has 0 bridgehead atoms. The molecule has 3 rings (SSSR count). The van der Waals surface area contributed by atoms with Gasteiger partial charge in [0.2, 0.25) is 0 Å². The SMILES string of the molecule is C1=CC2=CC3CCC=CC3=C2CC1. The van der Waals surface area contributed by atoms with E-state index in [1.165, 1.54) is 31.3 Å². The summed E-state index contributed by atoms with van der Waals surface area (Å²) in [6.45, 7) is 0. The number of hydrogen-bond donors (Lipinski definition) is 0. The quantitative estimate of drug-likeness (QED) is 0.521. The summed E-state index contributed by atoms with van der Waals surface area (Å²) in [6.07, 6.45) is 16.8. The van der Waals surface area contributed by atoms with Crippen molar-refractivity contribution in [2.45, 2.75) is 25.7 Å². The largest absolute Gasteiger partial charge is 0.0842 e. The van der Waals surface area contributed by atoms with Crippen LogP contribution in [0.3, 0.4) is 0 Å². The highest BCUT2D eigenvalue weighted by Gasteiger charge is 2.25. The first kappa shape index (κ1) is 7.37. The summed E-state index contributed by atoms with van der Waals surface area (Å²) in [5, 5.41) is 0. The van der Waals surface area contributed by atoms with Crippen LogP contribution in [-0.4, -0.2) is 0 Å². The van der Waals surface area contributed by atoms with Crippen LogP contribution in [0.15, 0.2) is 47.1 Å². The van der Waals surface area contributed by atoms with Crippen LogP contribution < -0.4 is 0 Å². The summed E-state index contributed by atoms with van der Waals surface area (Å²) in [4.78, 5) is 0. The van der Waals surface area contributed by atoms with Crippen LogP contribution in [-0.2, 0) is 0 Å². The number of fused-ring (bicyclic) bond motifs is 2. The second-order valence-electron chi connectivity index (χ2n) is 4.08. The highest BCUT2D eigenvalue weighted by molar-refractivity contribution is 5.56. The molecule has 0 aromatic carbocycles. The summed E-state index contributed by atoms with van der Waals surface area (Å²) >= 11 is 0. The van der Waals surface area contributed by atoms with Gasteiger partial charge in [0.15, 0.2) is 0 Å². The first-order chi connectivity index (χ1) is 6.45. The Labute approximate surface area is 79.3 Å². The van der Waals surface area contributed by atoms with Crippen molar-refractivity contribution in [2.75, 3.05) is 0 Å². The van der Waals surface area contributed by atoms with E-state index in [0.29, 0.717) is 0 Å². The third kappa shape index (κ3) is 1.05. The topological polar surface area (TPSA) is 0 Å². The average Bonchev–Trinajstić information content (AvgIpc) is 2.56. The summed E-state index contributed by atoms with van der Waals surface area (Å²) < 4.78 is 0. The van der Waals surface area contributed by atoms with Gasteiger partial charge in [-0.2, -0.15) is 0 Å². The summed E-state index contributed by atoms with van der Waals surface area (Å²) in [5.74, 6) is 0.748. The monoisotopic (exact) mass is 170 g/mol. The molecule has 0 nitrogen and oxygen atoms in total. The minimum atomic E-state index is 0.748. The predicted molar refractivity (Wildman–Crippen MR) is 55.3 cm³/mol. The lowest BCUT2D eigenvalue weighted by molar-refractivity contribution is 0.682. The summed E-state index contributed by atoms with van der Waals surface area (Å²) in [6, 6.07) is 0. The van der Waals surface area contributed by atoms with E-state index in [1.54, 1.807) is 11.1 Å². The van der Waals surface area contributed by atoms with Crippen molar-refractivity contribution in [3.8, 4) is 0 Å². The fraction of sp³-hybridized carbons (Fsp3) is 0.385. The maximum atomic E-state index is 2.46. The third-order valence-corrected chi connectivity index (χ3v) is 3.28. The van der Waals surface area contributed by atoms with Gasteiger partial charge >= 0.3 is 0 Å². The van der Waals surface area contributed by atoms with Gasteiger partial charge in [-0.05, 0) is 42.4 Å². The van der Waals surface area contributed by atoms with E-state index in [9.17, 15) is 0 Å². The lowest BCUT2D eigenvalue weighted by Gasteiger charge is -2.16. The van der Waals surface area contributed by atoms with E-state index in [4.69, 9.17) is 0 Å². The van der Waals surface area contributed by atoms with Gasteiger partial charge in [0, 0.05) is 5.92 Å². The molecule has 0 amide bonds. The van der Waals surface area contributed by atoms with E-state index in [0.717, 1.165) is 5.92 Å². The maximum absolute atomic E-state index is 2.46. The highest BCUT2D eigenvalue weighted by atomic mass is 14.3. The molecule has 0 heterocycles. The van der Waals surface area contributed by atoms with Crippen molar-refractivity contribution in [1.29, 1.82) is 0 Å². The van der Waals surface area contributed by atoms with Crippen molar-refractivity contribution < 1.29 is 0 Å². The number of allylic oxidation sites excluding steroid dienone is 8. The van der Waals surface area contributed by atoms with E-state index >= 15 is 0 Å². The minimum absolute atomic E-state index is 0.748. The van der Waals surface area contributed by atoms with E-state index in [1.807, 2.05) is 0 Å². The molecule has 0 aromatic rings. The van der Waals surface area contributed by atoms with E-state index in [2.05, 4.69) is 30.4 Å². The van der Waals surface area contributed by atoms with Gasteiger partial charge in [0.05, 0.1) is 0 Å². The molecule has 0 aliphatic heterocycles. The molecule has 1 atom stereocenters. The zero-order valence-electron chi connectivity index (χ0n) is 7.79. The zero-order chi connectivity index (χ0) is 8.67. The van der Waals surface area contributed by atoms with Gasteiger partial charge in [0.1, 0.15) is 0 Å². The summed E-state index contributed by atoms with van der Waals surface area (Å²) in [5.41, 5.74) is 4.76. The first-order valence-electron chi connectivity index (χ1n) is 5.23. The molecule has 0 spiro atoms. The Kier molecular flexibility index (Phi) is 1.55. The molecule has 66 valence electrons. The number of rotatable bonds is 0. The minimum Gasteiger partial charge on any atom is -0.0842 e. The maximum Gasteiger partial charge on any atom is 0.00328 e. The van der Waals surface area contributed by atoms with Gasteiger partial charge in [0.25, 0.3) is 0 Å². The Morgan fingerprint density at radius 2 is 2.00 bits per heavy atom. The molecule has 0 saturated carbocycles. The van der Waals surface area contributed by atoms with Crippen molar-refractivity contribution in [3.05, 3.63) is 47.1 Å². The molecule has 0 saturated heterocycles. The van der Waals surface area contributed by atoms with Gasteiger partial charge in [-0.25, -0.2) is 0 Å². The van der Waals surface area contributed by atoms with Gasteiger partial charge < -0.3 is 0 Å². The molecular weight excluding hydrogens is 156 g/mol. The van der Waals surface area contributed by atoms with Crippen molar-refractivity contribution in [3.63, 3.8) is 0 Å². The highest BCUT2D eigenvalue weighted by Crippen LogP contribution is 2.41. The van der Waals surface area contributed by atoms with Crippen molar-refractivity contribution in [1.82, 2.24) is 0 Å². The van der Waals surface area contributed by atoms with Crippen LogP contribution >= 0.6 is 0 Å². The Bertz CT molecular complexity index is 350. The smallest absolute Gasteiger partial charge is 0.00328 e. The van der Waals surface area contributed by atoms with Crippen LogP contribution in [0.4, 0.5) is 0 Å². The molecule has 0 fully saturated rings. The fourth-order valence-corrected chi connectivity index (χ4v) is 2.63. The van der Waals surface area contributed by atoms with Gasteiger partial charge in [-0.3, -0.25) is 0 Å².